The lowest BCUT2D eigenvalue weighted by Gasteiger charge is -2.33. The molecule has 0 radical (unpaired) electrons. The number of amides is 1. The van der Waals surface area contributed by atoms with Crippen molar-refractivity contribution in [3.63, 3.8) is 0 Å². The third-order valence-electron chi connectivity index (χ3n) is 4.82. The van der Waals surface area contributed by atoms with E-state index in [4.69, 9.17) is 9.84 Å². The maximum absolute atomic E-state index is 12.4. The lowest BCUT2D eigenvalue weighted by atomic mass is 10.0. The van der Waals surface area contributed by atoms with Gasteiger partial charge in [-0.1, -0.05) is 12.1 Å². The first-order valence-electron chi connectivity index (χ1n) is 8.83. The van der Waals surface area contributed by atoms with E-state index in [0.717, 1.165) is 37.5 Å². The molecule has 1 unspecified atom stereocenters. The minimum Gasteiger partial charge on any atom is -0.478 e. The van der Waals surface area contributed by atoms with Crippen LogP contribution in [0.1, 0.15) is 48.0 Å². The number of aromatic carboxylic acids is 1. The van der Waals surface area contributed by atoms with Gasteiger partial charge in [0.1, 0.15) is 0 Å². The molecule has 2 aliphatic rings. The molecule has 5 heteroatoms. The van der Waals surface area contributed by atoms with Crippen molar-refractivity contribution in [1.29, 1.82) is 0 Å². The summed E-state index contributed by atoms with van der Waals surface area (Å²) in [4.78, 5) is 25.2. The molecule has 2 fully saturated rings. The molecular weight excluding hydrogens is 306 g/mol. The Morgan fingerprint density at radius 2 is 1.92 bits per heavy atom. The number of ether oxygens (including phenoxy) is 1. The highest BCUT2D eigenvalue weighted by Crippen LogP contribution is 2.30. The minimum atomic E-state index is -0.928. The van der Waals surface area contributed by atoms with Crippen molar-refractivity contribution >= 4 is 11.9 Å². The average Bonchev–Trinajstić information content (AvgIpc) is 3.43. The van der Waals surface area contributed by atoms with Crippen LogP contribution in [0.5, 0.6) is 0 Å². The molecule has 3 rings (SSSR count). The number of likely N-dealkylation sites (tertiary alicyclic amines) is 1. The molecule has 1 aromatic rings. The molecule has 1 atom stereocenters. The Bertz CT molecular complexity index is 580. The van der Waals surface area contributed by atoms with Crippen molar-refractivity contribution in [2.45, 2.75) is 44.6 Å². The lowest BCUT2D eigenvalue weighted by molar-refractivity contribution is -0.135. The normalized spacial score (nSPS) is 20.8. The molecule has 1 aromatic carbocycles. The number of piperidine rings is 1. The maximum atomic E-state index is 12.4. The van der Waals surface area contributed by atoms with Gasteiger partial charge in [-0.25, -0.2) is 4.79 Å². The van der Waals surface area contributed by atoms with E-state index in [9.17, 15) is 9.59 Å². The summed E-state index contributed by atoms with van der Waals surface area (Å²) in [6.45, 7) is 2.38. The van der Waals surface area contributed by atoms with Crippen LogP contribution in [-0.4, -0.2) is 47.7 Å². The first-order valence-corrected chi connectivity index (χ1v) is 8.83. The van der Waals surface area contributed by atoms with Gasteiger partial charge in [-0.05, 0) is 55.7 Å². The molecule has 5 nitrogen and oxygen atoms in total. The Morgan fingerprint density at radius 3 is 2.58 bits per heavy atom. The fourth-order valence-electron chi connectivity index (χ4n) is 3.08. The van der Waals surface area contributed by atoms with Crippen LogP contribution in [0.3, 0.4) is 0 Å². The highest BCUT2D eigenvalue weighted by molar-refractivity contribution is 5.87. The molecule has 1 heterocycles. The van der Waals surface area contributed by atoms with Gasteiger partial charge in [0.15, 0.2) is 0 Å². The van der Waals surface area contributed by atoms with Crippen LogP contribution in [0.2, 0.25) is 0 Å². The predicted octanol–water partition coefficient (Wildman–Crippen LogP) is 2.74. The van der Waals surface area contributed by atoms with Gasteiger partial charge in [-0.3, -0.25) is 4.79 Å². The quantitative estimate of drug-likeness (QED) is 0.834. The number of hydrogen-bond acceptors (Lipinski definition) is 3. The fraction of sp³-hybridized carbons (Fsp3) is 0.579. The Hall–Kier alpha value is -1.88. The number of aryl methyl sites for hydroxylation is 1. The topological polar surface area (TPSA) is 66.8 Å². The lowest BCUT2D eigenvalue weighted by Crippen LogP contribution is -2.43. The first kappa shape index (κ1) is 17.0. The standard InChI is InChI=1S/C19H25NO4/c21-18(10-7-14-5-8-16(9-6-14)19(22)23)20-11-1-2-17(12-20)24-13-15-3-4-15/h5-6,8-9,15,17H,1-4,7,10-13H2,(H,22,23). The molecule has 1 amide bonds. The number of carboxylic acid groups (broad SMARTS) is 1. The summed E-state index contributed by atoms with van der Waals surface area (Å²) in [6, 6.07) is 6.75. The smallest absolute Gasteiger partial charge is 0.335 e. The highest BCUT2D eigenvalue weighted by Gasteiger charge is 2.27. The van der Waals surface area contributed by atoms with Crippen molar-refractivity contribution in [3.05, 3.63) is 35.4 Å². The number of carbonyl (C=O) groups excluding carboxylic acids is 1. The Kier molecular flexibility index (Phi) is 5.51. The zero-order valence-electron chi connectivity index (χ0n) is 13.9. The summed E-state index contributed by atoms with van der Waals surface area (Å²) in [6.07, 6.45) is 5.93. The third kappa shape index (κ3) is 4.81. The van der Waals surface area contributed by atoms with E-state index in [1.165, 1.54) is 12.8 Å². The van der Waals surface area contributed by atoms with Crippen LogP contribution in [0.4, 0.5) is 0 Å². The van der Waals surface area contributed by atoms with Gasteiger partial charge < -0.3 is 14.7 Å². The number of carboxylic acids is 1. The van der Waals surface area contributed by atoms with Crippen molar-refractivity contribution < 1.29 is 19.4 Å². The van der Waals surface area contributed by atoms with Gasteiger partial charge in [0, 0.05) is 26.1 Å². The van der Waals surface area contributed by atoms with Gasteiger partial charge in [-0.2, -0.15) is 0 Å². The second kappa shape index (κ2) is 7.79. The number of hydrogen-bond donors (Lipinski definition) is 1. The van der Waals surface area contributed by atoms with E-state index in [1.54, 1.807) is 24.3 Å². The Balaban J connectivity index is 1.44. The van der Waals surface area contributed by atoms with Crippen molar-refractivity contribution in [1.82, 2.24) is 4.90 Å². The van der Waals surface area contributed by atoms with E-state index in [0.29, 0.717) is 19.4 Å². The number of rotatable bonds is 7. The molecule has 130 valence electrons. The number of benzene rings is 1. The van der Waals surface area contributed by atoms with Gasteiger partial charge in [-0.15, -0.1) is 0 Å². The summed E-state index contributed by atoms with van der Waals surface area (Å²) in [5.41, 5.74) is 1.27. The summed E-state index contributed by atoms with van der Waals surface area (Å²) >= 11 is 0. The minimum absolute atomic E-state index is 0.164. The maximum Gasteiger partial charge on any atom is 0.335 e. The largest absolute Gasteiger partial charge is 0.478 e. The second-order valence-electron chi connectivity index (χ2n) is 6.88. The zero-order valence-corrected chi connectivity index (χ0v) is 13.9. The molecule has 0 bridgehead atoms. The average molecular weight is 331 g/mol. The van der Waals surface area contributed by atoms with Crippen molar-refractivity contribution in [2.75, 3.05) is 19.7 Å². The van der Waals surface area contributed by atoms with E-state index >= 15 is 0 Å². The molecule has 1 saturated carbocycles. The molecule has 0 spiro atoms. The van der Waals surface area contributed by atoms with Crippen LogP contribution in [-0.2, 0) is 16.0 Å². The molecule has 1 N–H and O–H groups in total. The van der Waals surface area contributed by atoms with Gasteiger partial charge >= 0.3 is 5.97 Å². The highest BCUT2D eigenvalue weighted by atomic mass is 16.5. The van der Waals surface area contributed by atoms with E-state index in [2.05, 4.69) is 0 Å². The van der Waals surface area contributed by atoms with Crippen LogP contribution >= 0.6 is 0 Å². The van der Waals surface area contributed by atoms with Crippen LogP contribution in [0, 0.1) is 5.92 Å². The molecular formula is C19H25NO4. The predicted molar refractivity (Wildman–Crippen MR) is 90.0 cm³/mol. The van der Waals surface area contributed by atoms with E-state index in [1.807, 2.05) is 4.90 Å². The molecule has 24 heavy (non-hydrogen) atoms. The van der Waals surface area contributed by atoms with E-state index < -0.39 is 5.97 Å². The van der Waals surface area contributed by atoms with Gasteiger partial charge in [0.2, 0.25) is 5.91 Å². The van der Waals surface area contributed by atoms with Crippen molar-refractivity contribution in [3.8, 4) is 0 Å². The number of nitrogens with zero attached hydrogens (tertiary/aromatic N) is 1. The second-order valence-corrected chi connectivity index (χ2v) is 6.88. The summed E-state index contributed by atoms with van der Waals surface area (Å²) < 4.78 is 5.94. The Morgan fingerprint density at radius 1 is 1.17 bits per heavy atom. The molecule has 1 aliphatic heterocycles. The molecule has 0 aromatic heterocycles. The van der Waals surface area contributed by atoms with Crippen LogP contribution in [0.25, 0.3) is 0 Å². The van der Waals surface area contributed by atoms with E-state index in [-0.39, 0.29) is 17.6 Å². The molecule has 1 aliphatic carbocycles. The van der Waals surface area contributed by atoms with Crippen LogP contribution in [0.15, 0.2) is 24.3 Å². The van der Waals surface area contributed by atoms with Crippen LogP contribution < -0.4 is 0 Å². The summed E-state index contributed by atoms with van der Waals surface area (Å²) in [5.74, 6) is -0.00920. The summed E-state index contributed by atoms with van der Waals surface area (Å²) in [7, 11) is 0. The first-order chi connectivity index (χ1) is 11.6. The fourth-order valence-corrected chi connectivity index (χ4v) is 3.08. The monoisotopic (exact) mass is 331 g/mol. The van der Waals surface area contributed by atoms with Crippen molar-refractivity contribution in [2.24, 2.45) is 5.92 Å². The molecule has 1 saturated heterocycles. The third-order valence-corrected chi connectivity index (χ3v) is 4.82. The Labute approximate surface area is 142 Å². The van der Waals surface area contributed by atoms with Gasteiger partial charge in [0.25, 0.3) is 0 Å². The number of carbonyl (C=O) groups is 2. The SMILES string of the molecule is O=C(O)c1ccc(CCC(=O)N2CCCC(OCC3CC3)C2)cc1. The zero-order chi connectivity index (χ0) is 16.9. The summed E-state index contributed by atoms with van der Waals surface area (Å²) in [5, 5.41) is 8.90. The van der Waals surface area contributed by atoms with Gasteiger partial charge in [0.05, 0.1) is 11.7 Å².